The molecule has 0 aliphatic carbocycles. The number of unbranched alkanes of at least 4 members (excludes halogenated alkanes) is 3. The van der Waals surface area contributed by atoms with Crippen molar-refractivity contribution in [3.63, 3.8) is 0 Å². The van der Waals surface area contributed by atoms with Crippen LogP contribution in [0.15, 0.2) is 91.0 Å². The summed E-state index contributed by atoms with van der Waals surface area (Å²) >= 11 is 0. The maximum Gasteiger partial charge on any atom is 0.347 e. The monoisotopic (exact) mass is 500 g/mol. The Kier molecular flexibility index (Phi) is 8.47. The van der Waals surface area contributed by atoms with Crippen molar-refractivity contribution in [2.24, 2.45) is 0 Å². The van der Waals surface area contributed by atoms with Gasteiger partial charge in [0.25, 0.3) is 0 Å². The molecule has 0 radical (unpaired) electrons. The van der Waals surface area contributed by atoms with Crippen LogP contribution >= 0.6 is 0 Å². The molecule has 0 fully saturated rings. The van der Waals surface area contributed by atoms with Crippen LogP contribution in [0.4, 0.5) is 0 Å². The number of hydrogen-bond acceptors (Lipinski definition) is 4. The number of carbonyl (C=O) groups is 1. The molecule has 0 unspecified atom stereocenters. The van der Waals surface area contributed by atoms with E-state index in [2.05, 4.69) is 41.1 Å². The lowest BCUT2D eigenvalue weighted by atomic mass is 9.96. The fourth-order valence-electron chi connectivity index (χ4n) is 4.35. The van der Waals surface area contributed by atoms with Crippen LogP contribution in [-0.4, -0.2) is 34.1 Å². The van der Waals surface area contributed by atoms with E-state index in [0.717, 1.165) is 52.9 Å². The van der Waals surface area contributed by atoms with Gasteiger partial charge in [0.2, 0.25) is 10.3 Å². The van der Waals surface area contributed by atoms with Gasteiger partial charge in [-0.2, -0.15) is 13.5 Å². The van der Waals surface area contributed by atoms with Crippen LogP contribution < -0.4 is 0 Å². The van der Waals surface area contributed by atoms with Gasteiger partial charge in [0, 0.05) is 23.2 Å². The summed E-state index contributed by atoms with van der Waals surface area (Å²) in [4.78, 5) is 10.6. The van der Waals surface area contributed by atoms with E-state index in [1.54, 1.807) is 0 Å². The zero-order valence-corrected chi connectivity index (χ0v) is 20.7. The van der Waals surface area contributed by atoms with Crippen LogP contribution in [0.3, 0.4) is 0 Å². The summed E-state index contributed by atoms with van der Waals surface area (Å²) in [6, 6.07) is 30.7. The molecule has 4 rings (SSSR count). The van der Waals surface area contributed by atoms with Crippen molar-refractivity contribution in [2.75, 3.05) is 0 Å². The van der Waals surface area contributed by atoms with Gasteiger partial charge in [-0.1, -0.05) is 104 Å². The topological polar surface area (TPSA) is 89.3 Å². The molecule has 36 heavy (non-hydrogen) atoms. The summed E-state index contributed by atoms with van der Waals surface area (Å²) in [6.07, 6.45) is 3.00. The Hall–Kier alpha value is -3.97. The van der Waals surface area contributed by atoms with Gasteiger partial charge in [-0.3, -0.25) is 4.68 Å². The van der Waals surface area contributed by atoms with Crippen molar-refractivity contribution in [1.29, 1.82) is 0 Å². The van der Waals surface area contributed by atoms with Gasteiger partial charge < -0.3 is 5.11 Å². The Morgan fingerprint density at radius 1 is 0.722 bits per heavy atom. The number of hydrogen-bond donors (Lipinski definition) is 1. The SMILES string of the molecule is O=C(O)C(CCCCCCn1nc(-c2ccccc2)c(-c2ccccc2)c1-c1ccccc1)=S(=O)=O. The number of carboxylic acids is 1. The molecule has 4 aromatic rings. The minimum absolute atomic E-state index is 0.0544. The Morgan fingerprint density at radius 3 is 1.81 bits per heavy atom. The lowest BCUT2D eigenvalue weighted by Gasteiger charge is -2.11. The van der Waals surface area contributed by atoms with Crippen molar-refractivity contribution < 1.29 is 18.3 Å². The van der Waals surface area contributed by atoms with Crippen LogP contribution in [0.25, 0.3) is 33.6 Å². The molecule has 0 atom stereocenters. The van der Waals surface area contributed by atoms with Gasteiger partial charge in [-0.05, 0) is 24.8 Å². The van der Waals surface area contributed by atoms with Crippen LogP contribution in [0.2, 0.25) is 0 Å². The molecule has 0 saturated carbocycles. The fraction of sp³-hybridized carbons (Fsp3) is 0.207. The Balaban J connectivity index is 1.62. The van der Waals surface area contributed by atoms with E-state index in [1.807, 2.05) is 54.6 Å². The third-order valence-electron chi connectivity index (χ3n) is 6.07. The second kappa shape index (κ2) is 12.1. The standard InChI is InChI=1S/C29H28N2O4S/c32-29(33)25(36(34)35)20-12-1-2-13-21-31-28(24-18-10-5-11-19-24)26(22-14-6-3-7-15-22)27(30-31)23-16-8-4-9-17-23/h3-11,14-19H,1-2,12-13,20-21H2,(H,32,33). The van der Waals surface area contributed by atoms with Crippen molar-refractivity contribution in [3.05, 3.63) is 91.0 Å². The number of aromatic nitrogens is 2. The first kappa shape index (κ1) is 25.1. The Labute approximate surface area is 212 Å². The maximum absolute atomic E-state index is 11.1. The average molecular weight is 501 g/mol. The summed E-state index contributed by atoms with van der Waals surface area (Å²) < 4.78 is 24.2. The Bertz CT molecular complexity index is 1440. The molecule has 0 spiro atoms. The van der Waals surface area contributed by atoms with E-state index in [9.17, 15) is 13.2 Å². The molecule has 0 bridgehead atoms. The van der Waals surface area contributed by atoms with Crippen molar-refractivity contribution in [3.8, 4) is 33.6 Å². The molecule has 184 valence electrons. The molecular formula is C29H28N2O4S. The maximum atomic E-state index is 11.1. The number of aryl methyl sites for hydroxylation is 1. The third-order valence-corrected chi connectivity index (χ3v) is 6.85. The average Bonchev–Trinajstić information content (AvgIpc) is 3.28. The largest absolute Gasteiger partial charge is 0.477 e. The van der Waals surface area contributed by atoms with E-state index in [0.29, 0.717) is 13.0 Å². The molecule has 1 N–H and O–H groups in total. The van der Waals surface area contributed by atoms with Gasteiger partial charge in [-0.25, -0.2) is 4.79 Å². The highest BCUT2D eigenvalue weighted by Gasteiger charge is 2.21. The van der Waals surface area contributed by atoms with Gasteiger partial charge in [0.1, 0.15) is 5.69 Å². The summed E-state index contributed by atoms with van der Waals surface area (Å²) in [5.74, 6) is -1.37. The highest BCUT2D eigenvalue weighted by molar-refractivity contribution is 7.74. The normalized spacial score (nSPS) is 10.8. The van der Waals surface area contributed by atoms with E-state index >= 15 is 0 Å². The molecule has 0 amide bonds. The van der Waals surface area contributed by atoms with Crippen molar-refractivity contribution in [2.45, 2.75) is 38.6 Å². The van der Waals surface area contributed by atoms with Crippen LogP contribution in [-0.2, 0) is 21.6 Å². The number of carboxylic acid groups (broad SMARTS) is 1. The first-order valence-corrected chi connectivity index (χ1v) is 13.1. The number of rotatable bonds is 11. The summed E-state index contributed by atoms with van der Waals surface area (Å²) in [7, 11) is -2.68. The van der Waals surface area contributed by atoms with E-state index in [1.165, 1.54) is 0 Å². The van der Waals surface area contributed by atoms with Crippen LogP contribution in [0.5, 0.6) is 0 Å². The Morgan fingerprint density at radius 2 is 1.25 bits per heavy atom. The quantitative estimate of drug-likeness (QED) is 0.202. The molecule has 0 saturated heterocycles. The molecule has 1 aromatic heterocycles. The van der Waals surface area contributed by atoms with Gasteiger partial charge >= 0.3 is 5.97 Å². The van der Waals surface area contributed by atoms with E-state index in [-0.39, 0.29) is 6.42 Å². The van der Waals surface area contributed by atoms with Crippen LogP contribution in [0.1, 0.15) is 32.1 Å². The zero-order chi connectivity index (χ0) is 25.3. The molecular weight excluding hydrogens is 472 g/mol. The molecule has 7 heteroatoms. The zero-order valence-electron chi connectivity index (χ0n) is 19.9. The third kappa shape index (κ3) is 5.98. The van der Waals surface area contributed by atoms with Gasteiger partial charge in [0.15, 0.2) is 4.86 Å². The van der Waals surface area contributed by atoms with Gasteiger partial charge in [0.05, 0.1) is 5.69 Å². The van der Waals surface area contributed by atoms with E-state index < -0.39 is 21.1 Å². The second-order valence-electron chi connectivity index (χ2n) is 8.52. The molecule has 1 heterocycles. The lowest BCUT2D eigenvalue weighted by molar-refractivity contribution is -0.129. The second-order valence-corrected chi connectivity index (χ2v) is 9.48. The molecule has 0 aliphatic heterocycles. The first-order valence-electron chi connectivity index (χ1n) is 12.0. The fourth-order valence-corrected chi connectivity index (χ4v) is 4.81. The highest BCUT2D eigenvalue weighted by atomic mass is 32.2. The summed E-state index contributed by atoms with van der Waals surface area (Å²) in [5.41, 5.74) is 6.32. The summed E-state index contributed by atoms with van der Waals surface area (Å²) in [6.45, 7) is 0.694. The predicted octanol–water partition coefficient (Wildman–Crippen LogP) is 5.97. The minimum Gasteiger partial charge on any atom is -0.477 e. The van der Waals surface area contributed by atoms with Crippen molar-refractivity contribution >= 4 is 21.1 Å². The predicted molar refractivity (Wildman–Crippen MR) is 143 cm³/mol. The highest BCUT2D eigenvalue weighted by Crippen LogP contribution is 2.40. The number of nitrogens with zero attached hydrogens (tertiary/aromatic N) is 2. The summed E-state index contributed by atoms with van der Waals surface area (Å²) in [5, 5.41) is 14.1. The molecule has 3 aromatic carbocycles. The number of aliphatic carboxylic acids is 1. The smallest absolute Gasteiger partial charge is 0.347 e. The minimum atomic E-state index is -2.68. The molecule has 6 nitrogen and oxygen atoms in total. The van der Waals surface area contributed by atoms with Crippen molar-refractivity contribution in [1.82, 2.24) is 9.78 Å². The molecule has 0 aliphatic rings. The number of benzene rings is 3. The van der Waals surface area contributed by atoms with E-state index in [4.69, 9.17) is 10.2 Å². The van der Waals surface area contributed by atoms with Gasteiger partial charge in [-0.15, -0.1) is 0 Å². The lowest BCUT2D eigenvalue weighted by Crippen LogP contribution is -2.13. The van der Waals surface area contributed by atoms with Crippen LogP contribution in [0, 0.1) is 0 Å². The first-order chi connectivity index (χ1) is 17.6.